The van der Waals surface area contributed by atoms with Gasteiger partial charge in [0.1, 0.15) is 0 Å². The van der Waals surface area contributed by atoms with Gasteiger partial charge >= 0.3 is 0 Å². The Kier molecular flexibility index (Phi) is 4.36. The molecule has 7 aromatic carbocycles. The fraction of sp³-hybridized carbons (Fsp3) is 0. The van der Waals surface area contributed by atoms with Gasteiger partial charge < -0.3 is 9.13 Å². The SMILES string of the molecule is c1ccc2cc(-n3c4ccccc4c4cc5c(cc43)c3ccccc3n5-c3ccc4ccccc4c3)ccc2c1. The monoisotopic (exact) mass is 508 g/mol. The second-order valence-corrected chi connectivity index (χ2v) is 10.7. The molecule has 0 aliphatic heterocycles. The van der Waals surface area contributed by atoms with Gasteiger partial charge in [0, 0.05) is 32.9 Å². The lowest BCUT2D eigenvalue weighted by molar-refractivity contribution is 1.18. The Morgan fingerprint density at radius 2 is 0.675 bits per heavy atom. The van der Waals surface area contributed by atoms with Gasteiger partial charge in [0.2, 0.25) is 0 Å². The third-order valence-electron chi connectivity index (χ3n) is 8.45. The fourth-order valence-corrected chi connectivity index (χ4v) is 6.62. The molecule has 9 aromatic rings. The van der Waals surface area contributed by atoms with Gasteiger partial charge in [0.25, 0.3) is 0 Å². The van der Waals surface area contributed by atoms with Crippen molar-refractivity contribution in [3.05, 3.63) is 146 Å². The van der Waals surface area contributed by atoms with Crippen LogP contribution >= 0.6 is 0 Å². The first-order chi connectivity index (χ1) is 19.8. The molecule has 9 rings (SSSR count). The number of para-hydroxylation sites is 2. The maximum Gasteiger partial charge on any atom is 0.0548 e. The Balaban J connectivity index is 1.41. The Bertz CT molecular complexity index is 2260. The largest absolute Gasteiger partial charge is 0.309 e. The number of hydrogen-bond acceptors (Lipinski definition) is 0. The Morgan fingerprint density at radius 3 is 1.15 bits per heavy atom. The first-order valence-corrected chi connectivity index (χ1v) is 13.8. The maximum atomic E-state index is 2.43. The molecular formula is C38H24N2. The van der Waals surface area contributed by atoms with Crippen LogP contribution in [0.15, 0.2) is 146 Å². The van der Waals surface area contributed by atoms with Crippen molar-refractivity contribution < 1.29 is 0 Å². The summed E-state index contributed by atoms with van der Waals surface area (Å²) in [5.74, 6) is 0. The van der Waals surface area contributed by atoms with Crippen LogP contribution in [-0.2, 0) is 0 Å². The molecule has 0 aliphatic rings. The summed E-state index contributed by atoms with van der Waals surface area (Å²) >= 11 is 0. The molecular weight excluding hydrogens is 484 g/mol. The second kappa shape index (κ2) is 8.08. The van der Waals surface area contributed by atoms with Crippen LogP contribution in [-0.4, -0.2) is 9.13 Å². The molecule has 0 saturated carbocycles. The standard InChI is InChI=1S/C38H24N2/c1-3-11-27-21-29(19-17-25(27)9-1)39-35-15-7-5-13-31(35)33-24-38-34(23-37(33)39)32-14-6-8-16-36(32)40(38)30-20-18-26-10-2-4-12-28(26)22-30/h1-24H. The molecule has 0 fully saturated rings. The lowest BCUT2D eigenvalue weighted by Crippen LogP contribution is -1.95. The van der Waals surface area contributed by atoms with Crippen molar-refractivity contribution in [3.63, 3.8) is 0 Å². The van der Waals surface area contributed by atoms with Gasteiger partial charge in [-0.1, -0.05) is 97.1 Å². The molecule has 0 radical (unpaired) electrons. The lowest BCUT2D eigenvalue weighted by atomic mass is 10.1. The summed E-state index contributed by atoms with van der Waals surface area (Å²) in [6, 6.07) is 53.1. The smallest absolute Gasteiger partial charge is 0.0548 e. The van der Waals surface area contributed by atoms with Gasteiger partial charge in [0.05, 0.1) is 22.1 Å². The van der Waals surface area contributed by atoms with Crippen LogP contribution in [0, 0.1) is 0 Å². The van der Waals surface area contributed by atoms with Crippen LogP contribution in [0.5, 0.6) is 0 Å². The van der Waals surface area contributed by atoms with Crippen LogP contribution in [0.25, 0.3) is 76.5 Å². The molecule has 2 aromatic heterocycles. The number of nitrogens with zero attached hydrogens (tertiary/aromatic N) is 2. The molecule has 40 heavy (non-hydrogen) atoms. The summed E-state index contributed by atoms with van der Waals surface area (Å²) < 4.78 is 4.86. The van der Waals surface area contributed by atoms with Gasteiger partial charge in [-0.2, -0.15) is 0 Å². The zero-order valence-corrected chi connectivity index (χ0v) is 21.8. The molecule has 0 bridgehead atoms. The van der Waals surface area contributed by atoms with Crippen LogP contribution in [0.3, 0.4) is 0 Å². The predicted molar refractivity (Wildman–Crippen MR) is 170 cm³/mol. The van der Waals surface area contributed by atoms with Crippen molar-refractivity contribution in [3.8, 4) is 11.4 Å². The van der Waals surface area contributed by atoms with E-state index in [0.717, 1.165) is 0 Å². The van der Waals surface area contributed by atoms with Crippen molar-refractivity contribution in [2.24, 2.45) is 0 Å². The zero-order valence-electron chi connectivity index (χ0n) is 21.8. The third kappa shape index (κ3) is 2.99. The van der Waals surface area contributed by atoms with Crippen LogP contribution in [0.1, 0.15) is 0 Å². The van der Waals surface area contributed by atoms with Crippen molar-refractivity contribution >= 4 is 65.2 Å². The Labute approximate surface area is 230 Å². The van der Waals surface area contributed by atoms with E-state index in [4.69, 9.17) is 0 Å². The minimum Gasteiger partial charge on any atom is -0.309 e. The van der Waals surface area contributed by atoms with Gasteiger partial charge in [-0.05, 0) is 70.1 Å². The molecule has 2 nitrogen and oxygen atoms in total. The van der Waals surface area contributed by atoms with E-state index in [-0.39, 0.29) is 0 Å². The quantitative estimate of drug-likeness (QED) is 0.220. The third-order valence-corrected chi connectivity index (χ3v) is 8.45. The Hall–Kier alpha value is -5.34. The van der Waals surface area contributed by atoms with Gasteiger partial charge in [-0.3, -0.25) is 0 Å². The lowest BCUT2D eigenvalue weighted by Gasteiger charge is -2.11. The molecule has 0 spiro atoms. The normalized spacial score (nSPS) is 12.0. The van der Waals surface area contributed by atoms with Gasteiger partial charge in [-0.15, -0.1) is 0 Å². The highest BCUT2D eigenvalue weighted by Gasteiger charge is 2.18. The first kappa shape index (κ1) is 21.6. The summed E-state index contributed by atoms with van der Waals surface area (Å²) in [5, 5.41) is 10.1. The van der Waals surface area contributed by atoms with E-state index in [1.165, 1.54) is 76.5 Å². The average Bonchev–Trinajstić information content (AvgIpc) is 3.51. The highest BCUT2D eigenvalue weighted by molar-refractivity contribution is 6.19. The second-order valence-electron chi connectivity index (χ2n) is 10.7. The summed E-state index contributed by atoms with van der Waals surface area (Å²) in [7, 11) is 0. The minimum absolute atomic E-state index is 1.18. The van der Waals surface area contributed by atoms with E-state index in [0.29, 0.717) is 0 Å². The van der Waals surface area contributed by atoms with Crippen molar-refractivity contribution in [1.82, 2.24) is 9.13 Å². The topological polar surface area (TPSA) is 9.86 Å². The van der Waals surface area contributed by atoms with Gasteiger partial charge in [-0.25, -0.2) is 0 Å². The van der Waals surface area contributed by atoms with E-state index < -0.39 is 0 Å². The number of aromatic nitrogens is 2. The zero-order chi connectivity index (χ0) is 26.2. The van der Waals surface area contributed by atoms with Crippen molar-refractivity contribution in [2.75, 3.05) is 0 Å². The molecule has 2 heteroatoms. The molecule has 0 aliphatic carbocycles. The fourth-order valence-electron chi connectivity index (χ4n) is 6.62. The minimum atomic E-state index is 1.18. The summed E-state index contributed by atoms with van der Waals surface area (Å²) in [6.07, 6.45) is 0. The first-order valence-electron chi connectivity index (χ1n) is 13.8. The van der Waals surface area contributed by atoms with Crippen LogP contribution in [0.2, 0.25) is 0 Å². The average molecular weight is 509 g/mol. The van der Waals surface area contributed by atoms with E-state index >= 15 is 0 Å². The molecule has 2 heterocycles. The summed E-state index contributed by atoms with van der Waals surface area (Å²) in [5.41, 5.74) is 7.27. The number of hydrogen-bond donors (Lipinski definition) is 0. The van der Waals surface area contributed by atoms with E-state index in [1.54, 1.807) is 0 Å². The molecule has 0 N–H and O–H groups in total. The maximum absolute atomic E-state index is 2.43. The summed E-state index contributed by atoms with van der Waals surface area (Å²) in [4.78, 5) is 0. The molecule has 0 saturated heterocycles. The number of fused-ring (bicyclic) bond motifs is 8. The predicted octanol–water partition coefficient (Wildman–Crippen LogP) is 10.2. The summed E-state index contributed by atoms with van der Waals surface area (Å²) in [6.45, 7) is 0. The van der Waals surface area contributed by atoms with Crippen LogP contribution in [0.4, 0.5) is 0 Å². The number of benzene rings is 7. The highest BCUT2D eigenvalue weighted by atomic mass is 15.0. The van der Waals surface area contributed by atoms with Crippen molar-refractivity contribution in [1.29, 1.82) is 0 Å². The van der Waals surface area contributed by atoms with E-state index in [9.17, 15) is 0 Å². The molecule has 0 amide bonds. The van der Waals surface area contributed by atoms with Crippen LogP contribution < -0.4 is 0 Å². The molecule has 186 valence electrons. The molecule has 0 atom stereocenters. The van der Waals surface area contributed by atoms with Crippen molar-refractivity contribution in [2.45, 2.75) is 0 Å². The van der Waals surface area contributed by atoms with E-state index in [1.807, 2.05) is 0 Å². The Morgan fingerprint density at radius 1 is 0.275 bits per heavy atom. The van der Waals surface area contributed by atoms with E-state index in [2.05, 4.69) is 155 Å². The van der Waals surface area contributed by atoms with Gasteiger partial charge in [0.15, 0.2) is 0 Å². The molecule has 0 unspecified atom stereocenters. The highest BCUT2D eigenvalue weighted by Crippen LogP contribution is 2.40. The number of rotatable bonds is 2.